The second kappa shape index (κ2) is 4.68. The van der Waals surface area contributed by atoms with Crippen molar-refractivity contribution in [1.82, 2.24) is 9.97 Å². The van der Waals surface area contributed by atoms with Crippen molar-refractivity contribution in [2.45, 2.75) is 33.1 Å². The van der Waals surface area contributed by atoms with Gasteiger partial charge in [-0.05, 0) is 18.8 Å². The highest BCUT2D eigenvalue weighted by Crippen LogP contribution is 2.20. The van der Waals surface area contributed by atoms with E-state index in [1.807, 2.05) is 6.92 Å². The van der Waals surface area contributed by atoms with Crippen LogP contribution in [0.5, 0.6) is 0 Å². The van der Waals surface area contributed by atoms with E-state index in [1.54, 1.807) is 6.07 Å². The molecule has 1 aliphatic heterocycles. The first-order valence-electron chi connectivity index (χ1n) is 6.04. The fraction of sp³-hybridized carbons (Fsp3) is 0.667. The molecule has 1 aromatic heterocycles. The minimum atomic E-state index is -0.0412. The molecule has 1 aromatic rings. The molecule has 4 nitrogen and oxygen atoms in total. The van der Waals surface area contributed by atoms with Gasteiger partial charge in [0.2, 0.25) is 0 Å². The molecule has 0 aromatic carbocycles. The molecule has 0 bridgehead atoms. The molecule has 0 radical (unpaired) electrons. The number of nitrogens with zero attached hydrogens (tertiary/aromatic N) is 2. The van der Waals surface area contributed by atoms with Gasteiger partial charge in [0, 0.05) is 25.6 Å². The van der Waals surface area contributed by atoms with Crippen molar-refractivity contribution in [3.8, 4) is 0 Å². The lowest BCUT2D eigenvalue weighted by Gasteiger charge is -2.31. The van der Waals surface area contributed by atoms with Crippen LogP contribution in [-0.4, -0.2) is 23.1 Å². The van der Waals surface area contributed by atoms with E-state index in [-0.39, 0.29) is 5.56 Å². The van der Waals surface area contributed by atoms with E-state index in [4.69, 9.17) is 0 Å². The molecule has 2 rings (SSSR count). The van der Waals surface area contributed by atoms with Gasteiger partial charge in [-0.3, -0.25) is 4.79 Å². The molecule has 1 aliphatic rings. The van der Waals surface area contributed by atoms with Crippen LogP contribution in [0.15, 0.2) is 10.9 Å². The summed E-state index contributed by atoms with van der Waals surface area (Å²) in [6, 6.07) is 1.61. The molecule has 16 heavy (non-hydrogen) atoms. The summed E-state index contributed by atoms with van der Waals surface area (Å²) < 4.78 is 0. The van der Waals surface area contributed by atoms with Gasteiger partial charge in [0.15, 0.2) is 0 Å². The zero-order valence-corrected chi connectivity index (χ0v) is 9.99. The fourth-order valence-corrected chi connectivity index (χ4v) is 2.06. The summed E-state index contributed by atoms with van der Waals surface area (Å²) in [5.41, 5.74) is -0.0412. The van der Waals surface area contributed by atoms with Gasteiger partial charge in [0.25, 0.3) is 5.56 Å². The largest absolute Gasteiger partial charge is 0.356 e. The smallest absolute Gasteiger partial charge is 0.252 e. The lowest BCUT2D eigenvalue weighted by Crippen LogP contribution is -2.34. The normalized spacial score (nSPS) is 17.8. The molecule has 2 heterocycles. The Labute approximate surface area is 95.7 Å². The molecule has 0 saturated carbocycles. The molecule has 0 spiro atoms. The number of piperidine rings is 1. The van der Waals surface area contributed by atoms with Gasteiger partial charge in [-0.15, -0.1) is 0 Å². The first kappa shape index (κ1) is 11.2. The highest BCUT2D eigenvalue weighted by molar-refractivity contribution is 5.37. The zero-order chi connectivity index (χ0) is 11.5. The van der Waals surface area contributed by atoms with Crippen molar-refractivity contribution < 1.29 is 0 Å². The van der Waals surface area contributed by atoms with Crippen LogP contribution in [0.1, 0.15) is 32.5 Å². The first-order chi connectivity index (χ1) is 7.69. The zero-order valence-electron chi connectivity index (χ0n) is 9.99. The Morgan fingerprint density at radius 3 is 2.81 bits per heavy atom. The molecule has 4 heteroatoms. The summed E-state index contributed by atoms with van der Waals surface area (Å²) in [5.74, 6) is 2.41. The van der Waals surface area contributed by atoms with E-state index in [0.717, 1.165) is 37.1 Å². The predicted octanol–water partition coefficient (Wildman–Crippen LogP) is 1.57. The fourth-order valence-electron chi connectivity index (χ4n) is 2.06. The summed E-state index contributed by atoms with van der Waals surface area (Å²) in [6.45, 7) is 6.31. The molecule has 1 fully saturated rings. The van der Waals surface area contributed by atoms with Crippen LogP contribution in [0.4, 0.5) is 5.82 Å². The molecule has 0 amide bonds. The van der Waals surface area contributed by atoms with E-state index < -0.39 is 0 Å². The van der Waals surface area contributed by atoms with E-state index in [1.165, 1.54) is 12.8 Å². The van der Waals surface area contributed by atoms with Gasteiger partial charge in [-0.25, -0.2) is 4.98 Å². The van der Waals surface area contributed by atoms with E-state index in [2.05, 4.69) is 21.8 Å². The van der Waals surface area contributed by atoms with Gasteiger partial charge >= 0.3 is 0 Å². The lowest BCUT2D eigenvalue weighted by molar-refractivity contribution is 0.436. The summed E-state index contributed by atoms with van der Waals surface area (Å²) in [6.07, 6.45) is 3.15. The molecule has 0 unspecified atom stereocenters. The number of hydrogen-bond acceptors (Lipinski definition) is 3. The Morgan fingerprint density at radius 2 is 2.19 bits per heavy atom. The second-order valence-corrected chi connectivity index (χ2v) is 4.57. The Morgan fingerprint density at radius 1 is 1.50 bits per heavy atom. The molecule has 1 N–H and O–H groups in total. The maximum absolute atomic E-state index is 11.5. The third kappa shape index (κ3) is 2.43. The summed E-state index contributed by atoms with van der Waals surface area (Å²) >= 11 is 0. The van der Waals surface area contributed by atoms with E-state index >= 15 is 0 Å². The van der Waals surface area contributed by atoms with Crippen LogP contribution in [0.2, 0.25) is 0 Å². The van der Waals surface area contributed by atoms with Gasteiger partial charge in [-0.1, -0.05) is 13.8 Å². The van der Waals surface area contributed by atoms with Crippen molar-refractivity contribution in [1.29, 1.82) is 0 Å². The molecule has 0 atom stereocenters. The van der Waals surface area contributed by atoms with Crippen LogP contribution in [0.3, 0.4) is 0 Å². The third-order valence-corrected chi connectivity index (χ3v) is 3.22. The molecular formula is C12H19N3O. The molecule has 88 valence electrons. The van der Waals surface area contributed by atoms with Crippen molar-refractivity contribution >= 4 is 5.82 Å². The van der Waals surface area contributed by atoms with Gasteiger partial charge < -0.3 is 9.88 Å². The Kier molecular flexibility index (Phi) is 3.27. The van der Waals surface area contributed by atoms with Crippen molar-refractivity contribution in [2.75, 3.05) is 18.0 Å². The van der Waals surface area contributed by atoms with Gasteiger partial charge in [0.05, 0.1) is 0 Å². The van der Waals surface area contributed by atoms with Gasteiger partial charge in [0.1, 0.15) is 11.6 Å². The Hall–Kier alpha value is -1.32. The average Bonchev–Trinajstić information content (AvgIpc) is 2.29. The second-order valence-electron chi connectivity index (χ2n) is 4.57. The maximum atomic E-state index is 11.5. The predicted molar refractivity (Wildman–Crippen MR) is 64.8 cm³/mol. The minimum Gasteiger partial charge on any atom is -0.356 e. The van der Waals surface area contributed by atoms with Crippen LogP contribution >= 0.6 is 0 Å². The number of H-pyrrole nitrogens is 1. The number of aryl methyl sites for hydroxylation is 1. The summed E-state index contributed by atoms with van der Waals surface area (Å²) in [7, 11) is 0. The Bertz CT molecular complexity index is 405. The van der Waals surface area contributed by atoms with E-state index in [9.17, 15) is 4.79 Å². The van der Waals surface area contributed by atoms with Gasteiger partial charge in [-0.2, -0.15) is 0 Å². The number of aromatic nitrogens is 2. The van der Waals surface area contributed by atoms with Crippen molar-refractivity contribution in [3.05, 3.63) is 22.2 Å². The number of rotatable bonds is 2. The Balaban J connectivity index is 2.20. The number of aromatic amines is 1. The molecule has 0 aliphatic carbocycles. The monoisotopic (exact) mass is 221 g/mol. The number of nitrogens with one attached hydrogen (secondary N) is 1. The molecule has 1 saturated heterocycles. The van der Waals surface area contributed by atoms with Crippen molar-refractivity contribution in [3.63, 3.8) is 0 Å². The quantitative estimate of drug-likeness (QED) is 0.824. The van der Waals surface area contributed by atoms with Crippen LogP contribution in [-0.2, 0) is 6.42 Å². The molecular weight excluding hydrogens is 202 g/mol. The van der Waals surface area contributed by atoms with Crippen LogP contribution < -0.4 is 10.5 Å². The maximum Gasteiger partial charge on any atom is 0.252 e. The standard InChI is InChI=1S/C12H19N3O/c1-3-10-13-11(8-12(16)14-10)15-6-4-9(2)5-7-15/h8-9H,3-7H2,1-2H3,(H,13,14,16). The minimum absolute atomic E-state index is 0.0412. The topological polar surface area (TPSA) is 49.0 Å². The highest BCUT2D eigenvalue weighted by atomic mass is 16.1. The van der Waals surface area contributed by atoms with Crippen LogP contribution in [0.25, 0.3) is 0 Å². The SMILES string of the molecule is CCc1nc(N2CCC(C)CC2)cc(=O)[nH]1. The number of anilines is 1. The lowest BCUT2D eigenvalue weighted by atomic mass is 9.99. The average molecular weight is 221 g/mol. The number of hydrogen-bond donors (Lipinski definition) is 1. The van der Waals surface area contributed by atoms with Crippen molar-refractivity contribution in [2.24, 2.45) is 5.92 Å². The highest BCUT2D eigenvalue weighted by Gasteiger charge is 2.17. The van der Waals surface area contributed by atoms with Crippen LogP contribution in [0, 0.1) is 5.92 Å². The summed E-state index contributed by atoms with van der Waals surface area (Å²) in [5, 5.41) is 0. The first-order valence-corrected chi connectivity index (χ1v) is 6.04. The van der Waals surface area contributed by atoms with E-state index in [0.29, 0.717) is 0 Å². The third-order valence-electron chi connectivity index (χ3n) is 3.22. The summed E-state index contributed by atoms with van der Waals surface area (Å²) in [4.78, 5) is 20.9.